The van der Waals surface area contributed by atoms with Crippen LogP contribution in [0.2, 0.25) is 0 Å². The lowest BCUT2D eigenvalue weighted by Gasteiger charge is -2.09. The van der Waals surface area contributed by atoms with Crippen molar-refractivity contribution in [3.8, 4) is 5.69 Å². The van der Waals surface area contributed by atoms with Crippen molar-refractivity contribution < 1.29 is 0 Å². The fraction of sp³-hybridized carbons (Fsp3) is 0.154. The summed E-state index contributed by atoms with van der Waals surface area (Å²) < 4.78 is 1.81. The number of nitrogen functional groups attached to an aromatic ring is 1. The molecule has 96 valence electrons. The van der Waals surface area contributed by atoms with Crippen LogP contribution in [0.1, 0.15) is 11.1 Å². The SMILES string of the molecule is Cc1cccc(-n2ncc3c(NN)ncnc32)c1C. The fourth-order valence-corrected chi connectivity index (χ4v) is 2.10. The highest BCUT2D eigenvalue weighted by molar-refractivity contribution is 5.87. The molecule has 0 bridgehead atoms. The lowest BCUT2D eigenvalue weighted by molar-refractivity contribution is 0.885. The van der Waals surface area contributed by atoms with E-state index in [0.29, 0.717) is 5.82 Å². The van der Waals surface area contributed by atoms with Gasteiger partial charge in [-0.2, -0.15) is 5.10 Å². The molecule has 6 nitrogen and oxygen atoms in total. The standard InChI is InChI=1S/C13H14N6/c1-8-4-3-5-11(9(8)2)19-13-10(6-17-19)12(18-14)15-7-16-13/h3-7H,14H2,1-2H3,(H,15,16,18). The Morgan fingerprint density at radius 3 is 2.84 bits per heavy atom. The van der Waals surface area contributed by atoms with E-state index in [1.54, 1.807) is 10.9 Å². The predicted molar refractivity (Wildman–Crippen MR) is 73.9 cm³/mol. The Kier molecular flexibility index (Phi) is 2.64. The molecule has 3 N–H and O–H groups in total. The average Bonchev–Trinajstić information content (AvgIpc) is 2.85. The normalized spacial score (nSPS) is 10.9. The predicted octanol–water partition coefficient (Wildman–Crippen LogP) is 1.72. The van der Waals surface area contributed by atoms with Gasteiger partial charge in [-0.25, -0.2) is 20.5 Å². The molecule has 0 saturated heterocycles. The molecule has 0 aliphatic carbocycles. The second-order valence-electron chi connectivity index (χ2n) is 4.38. The molecule has 3 aromatic rings. The van der Waals surface area contributed by atoms with Crippen molar-refractivity contribution in [1.29, 1.82) is 0 Å². The van der Waals surface area contributed by atoms with Crippen LogP contribution in [0.3, 0.4) is 0 Å². The first kappa shape index (κ1) is 11.6. The minimum atomic E-state index is 0.571. The quantitative estimate of drug-likeness (QED) is 0.537. The van der Waals surface area contributed by atoms with Crippen LogP contribution in [0, 0.1) is 13.8 Å². The molecule has 19 heavy (non-hydrogen) atoms. The number of rotatable bonds is 2. The van der Waals surface area contributed by atoms with E-state index in [9.17, 15) is 0 Å². The average molecular weight is 254 g/mol. The number of benzene rings is 1. The monoisotopic (exact) mass is 254 g/mol. The summed E-state index contributed by atoms with van der Waals surface area (Å²) in [4.78, 5) is 8.36. The maximum absolute atomic E-state index is 5.44. The van der Waals surface area contributed by atoms with E-state index in [4.69, 9.17) is 5.84 Å². The molecule has 0 amide bonds. The van der Waals surface area contributed by atoms with Gasteiger partial charge in [-0.15, -0.1) is 0 Å². The van der Waals surface area contributed by atoms with Crippen molar-refractivity contribution >= 4 is 16.9 Å². The van der Waals surface area contributed by atoms with Crippen molar-refractivity contribution in [3.63, 3.8) is 0 Å². The maximum atomic E-state index is 5.44. The molecule has 2 heterocycles. The topological polar surface area (TPSA) is 81.7 Å². The van der Waals surface area contributed by atoms with E-state index in [1.165, 1.54) is 17.5 Å². The van der Waals surface area contributed by atoms with E-state index in [0.717, 1.165) is 16.7 Å². The zero-order chi connectivity index (χ0) is 13.4. The molecule has 0 aliphatic heterocycles. The van der Waals surface area contributed by atoms with Crippen LogP contribution >= 0.6 is 0 Å². The third-order valence-corrected chi connectivity index (χ3v) is 3.31. The number of aromatic nitrogens is 4. The number of nitrogens with one attached hydrogen (secondary N) is 1. The molecule has 0 saturated carbocycles. The van der Waals surface area contributed by atoms with Crippen LogP contribution in [-0.4, -0.2) is 19.7 Å². The molecule has 0 spiro atoms. The van der Waals surface area contributed by atoms with Crippen LogP contribution in [0.4, 0.5) is 5.82 Å². The van der Waals surface area contributed by atoms with E-state index in [-0.39, 0.29) is 0 Å². The van der Waals surface area contributed by atoms with E-state index in [2.05, 4.69) is 40.4 Å². The molecule has 6 heteroatoms. The largest absolute Gasteiger partial charge is 0.308 e. The van der Waals surface area contributed by atoms with Gasteiger partial charge >= 0.3 is 0 Å². The van der Waals surface area contributed by atoms with Gasteiger partial charge in [0.1, 0.15) is 6.33 Å². The Balaban J connectivity index is 2.29. The number of aryl methyl sites for hydroxylation is 1. The third-order valence-electron chi connectivity index (χ3n) is 3.31. The molecular formula is C13H14N6. The van der Waals surface area contributed by atoms with Gasteiger partial charge in [-0.1, -0.05) is 12.1 Å². The Labute approximate surface area is 110 Å². The van der Waals surface area contributed by atoms with Crippen molar-refractivity contribution in [3.05, 3.63) is 41.9 Å². The molecular weight excluding hydrogens is 240 g/mol. The molecule has 1 aromatic carbocycles. The van der Waals surface area contributed by atoms with Crippen LogP contribution in [0.25, 0.3) is 16.7 Å². The summed E-state index contributed by atoms with van der Waals surface area (Å²) in [5.74, 6) is 6.01. The van der Waals surface area contributed by atoms with E-state index in [1.807, 2.05) is 12.1 Å². The zero-order valence-electron chi connectivity index (χ0n) is 10.8. The van der Waals surface area contributed by atoms with Gasteiger partial charge in [0.05, 0.1) is 17.3 Å². The number of fused-ring (bicyclic) bond motifs is 1. The first-order valence-corrected chi connectivity index (χ1v) is 5.94. The van der Waals surface area contributed by atoms with Gasteiger partial charge < -0.3 is 5.43 Å². The zero-order valence-corrected chi connectivity index (χ0v) is 10.8. The number of nitrogens with two attached hydrogens (primary N) is 1. The van der Waals surface area contributed by atoms with E-state index < -0.39 is 0 Å². The van der Waals surface area contributed by atoms with Gasteiger partial charge in [0.25, 0.3) is 0 Å². The van der Waals surface area contributed by atoms with Gasteiger partial charge in [0.15, 0.2) is 11.5 Å². The minimum Gasteiger partial charge on any atom is -0.308 e. The van der Waals surface area contributed by atoms with Gasteiger partial charge in [-0.05, 0) is 31.0 Å². The van der Waals surface area contributed by atoms with E-state index >= 15 is 0 Å². The Hall–Kier alpha value is -2.47. The first-order valence-electron chi connectivity index (χ1n) is 5.94. The molecule has 0 atom stereocenters. The summed E-state index contributed by atoms with van der Waals surface area (Å²) in [6.45, 7) is 4.15. The number of anilines is 1. The van der Waals surface area contributed by atoms with Crippen LogP contribution < -0.4 is 11.3 Å². The maximum Gasteiger partial charge on any atom is 0.168 e. The summed E-state index contributed by atoms with van der Waals surface area (Å²) in [5, 5.41) is 5.19. The van der Waals surface area contributed by atoms with Crippen LogP contribution in [-0.2, 0) is 0 Å². The summed E-state index contributed by atoms with van der Waals surface area (Å²) >= 11 is 0. The van der Waals surface area contributed by atoms with Crippen LogP contribution in [0.5, 0.6) is 0 Å². The molecule has 0 radical (unpaired) electrons. The van der Waals surface area contributed by atoms with Crippen molar-refractivity contribution in [1.82, 2.24) is 19.7 Å². The summed E-state index contributed by atoms with van der Waals surface area (Å²) in [6.07, 6.45) is 3.19. The smallest absolute Gasteiger partial charge is 0.168 e. The number of hydrogen-bond donors (Lipinski definition) is 2. The highest BCUT2D eigenvalue weighted by Gasteiger charge is 2.12. The van der Waals surface area contributed by atoms with Crippen molar-refractivity contribution in [2.45, 2.75) is 13.8 Å². The van der Waals surface area contributed by atoms with Gasteiger partial charge in [0, 0.05) is 0 Å². The number of hydrogen-bond acceptors (Lipinski definition) is 5. The Morgan fingerprint density at radius 1 is 1.21 bits per heavy atom. The highest BCUT2D eigenvalue weighted by Crippen LogP contribution is 2.23. The highest BCUT2D eigenvalue weighted by atomic mass is 15.3. The molecule has 3 rings (SSSR count). The third kappa shape index (κ3) is 1.73. The van der Waals surface area contributed by atoms with Gasteiger partial charge in [0.2, 0.25) is 0 Å². The summed E-state index contributed by atoms with van der Waals surface area (Å²) in [5.41, 5.74) is 6.69. The van der Waals surface area contributed by atoms with Crippen molar-refractivity contribution in [2.24, 2.45) is 5.84 Å². The molecule has 0 fully saturated rings. The summed E-state index contributed by atoms with van der Waals surface area (Å²) in [7, 11) is 0. The Morgan fingerprint density at radius 2 is 2.05 bits per heavy atom. The number of nitrogens with zero attached hydrogens (tertiary/aromatic N) is 4. The Bertz CT molecular complexity index is 746. The summed E-state index contributed by atoms with van der Waals surface area (Å²) in [6, 6.07) is 6.10. The first-order chi connectivity index (χ1) is 9.22. The van der Waals surface area contributed by atoms with Gasteiger partial charge in [-0.3, -0.25) is 0 Å². The lowest BCUT2D eigenvalue weighted by atomic mass is 10.1. The minimum absolute atomic E-state index is 0.571. The number of hydrazine groups is 1. The molecule has 0 unspecified atom stereocenters. The molecule has 2 aromatic heterocycles. The lowest BCUT2D eigenvalue weighted by Crippen LogP contribution is -2.09. The second kappa shape index (κ2) is 4.33. The second-order valence-corrected chi connectivity index (χ2v) is 4.38. The fourth-order valence-electron chi connectivity index (χ4n) is 2.10. The molecule has 0 aliphatic rings. The van der Waals surface area contributed by atoms with Crippen molar-refractivity contribution in [2.75, 3.05) is 5.43 Å². The van der Waals surface area contributed by atoms with Crippen LogP contribution in [0.15, 0.2) is 30.7 Å².